The lowest BCUT2D eigenvalue weighted by Crippen LogP contribution is -2.33. The molecule has 1 atom stereocenters. The Kier molecular flexibility index (Phi) is 3.53. The van der Waals surface area contributed by atoms with Crippen molar-refractivity contribution in [1.82, 2.24) is 14.5 Å². The summed E-state index contributed by atoms with van der Waals surface area (Å²) in [5.74, 6) is 1.41. The highest BCUT2D eigenvalue weighted by Crippen LogP contribution is 2.32. The van der Waals surface area contributed by atoms with Crippen LogP contribution in [0, 0.1) is 0 Å². The van der Waals surface area contributed by atoms with E-state index in [1.165, 1.54) is 6.42 Å². The van der Waals surface area contributed by atoms with Gasteiger partial charge in [0, 0.05) is 12.6 Å². The minimum absolute atomic E-state index is 0.399. The number of nitrogens with zero attached hydrogens (tertiary/aromatic N) is 3. The molecule has 0 amide bonds. The van der Waals surface area contributed by atoms with Crippen molar-refractivity contribution in [3.05, 3.63) is 18.2 Å². The van der Waals surface area contributed by atoms with E-state index in [0.717, 1.165) is 36.3 Å². The van der Waals surface area contributed by atoms with Crippen LogP contribution in [0.15, 0.2) is 18.2 Å². The standard InChI is InChI=1S/C15H22N4O/c1-3-20-13-8-4-7-12-14(13)17-15(16)19(12)11-6-5-9-18(2)10-11/h4,7-8,11H,3,5-6,9-10H2,1-2H3,(H2,16,17). The first kappa shape index (κ1) is 13.2. The molecule has 1 unspecified atom stereocenters. The number of piperidine rings is 1. The van der Waals surface area contributed by atoms with E-state index >= 15 is 0 Å². The lowest BCUT2D eigenvalue weighted by atomic mass is 10.1. The molecule has 0 spiro atoms. The molecule has 20 heavy (non-hydrogen) atoms. The summed E-state index contributed by atoms with van der Waals surface area (Å²) < 4.78 is 7.83. The van der Waals surface area contributed by atoms with Crippen molar-refractivity contribution in [2.75, 3.05) is 32.5 Å². The van der Waals surface area contributed by atoms with E-state index in [1.54, 1.807) is 0 Å². The van der Waals surface area contributed by atoms with Crippen LogP contribution in [-0.4, -0.2) is 41.2 Å². The first-order chi connectivity index (χ1) is 9.70. The fraction of sp³-hybridized carbons (Fsp3) is 0.533. The number of nitrogen functional groups attached to an aromatic ring is 1. The number of para-hydroxylation sites is 1. The summed E-state index contributed by atoms with van der Waals surface area (Å²) in [6, 6.07) is 6.44. The van der Waals surface area contributed by atoms with Crippen LogP contribution in [0.3, 0.4) is 0 Å². The average Bonchev–Trinajstić information content (AvgIpc) is 2.76. The lowest BCUT2D eigenvalue weighted by molar-refractivity contribution is 0.216. The zero-order valence-corrected chi connectivity index (χ0v) is 12.2. The molecule has 1 aliphatic heterocycles. The molecule has 2 heterocycles. The SMILES string of the molecule is CCOc1cccc2c1nc(N)n2C1CCCN(C)C1. The Labute approximate surface area is 119 Å². The first-order valence-electron chi connectivity index (χ1n) is 7.28. The Hall–Kier alpha value is -1.75. The third-order valence-electron chi connectivity index (χ3n) is 3.98. The maximum absolute atomic E-state index is 6.17. The molecule has 1 aromatic heterocycles. The number of imidazole rings is 1. The fourth-order valence-electron chi connectivity index (χ4n) is 3.11. The Morgan fingerprint density at radius 2 is 2.30 bits per heavy atom. The number of ether oxygens (including phenoxy) is 1. The van der Waals surface area contributed by atoms with Gasteiger partial charge in [-0.25, -0.2) is 4.98 Å². The van der Waals surface area contributed by atoms with E-state index in [1.807, 2.05) is 19.1 Å². The van der Waals surface area contributed by atoms with Crippen molar-refractivity contribution < 1.29 is 4.74 Å². The van der Waals surface area contributed by atoms with E-state index in [9.17, 15) is 0 Å². The molecule has 0 bridgehead atoms. The van der Waals surface area contributed by atoms with Gasteiger partial charge in [-0.15, -0.1) is 0 Å². The van der Waals surface area contributed by atoms with Crippen molar-refractivity contribution in [3.63, 3.8) is 0 Å². The van der Waals surface area contributed by atoms with Crippen LogP contribution in [-0.2, 0) is 0 Å². The van der Waals surface area contributed by atoms with Gasteiger partial charge in [0.2, 0.25) is 5.95 Å². The van der Waals surface area contributed by atoms with Crippen molar-refractivity contribution in [2.45, 2.75) is 25.8 Å². The summed E-state index contributed by atoms with van der Waals surface area (Å²) >= 11 is 0. The number of aromatic nitrogens is 2. The highest BCUT2D eigenvalue weighted by molar-refractivity contribution is 5.84. The van der Waals surface area contributed by atoms with E-state index in [0.29, 0.717) is 18.6 Å². The number of likely N-dealkylation sites (tertiary alicyclic amines) is 1. The zero-order chi connectivity index (χ0) is 14.1. The minimum atomic E-state index is 0.399. The molecule has 1 aliphatic rings. The van der Waals surface area contributed by atoms with Gasteiger partial charge in [-0.3, -0.25) is 0 Å². The number of anilines is 1. The van der Waals surface area contributed by atoms with Crippen LogP contribution >= 0.6 is 0 Å². The van der Waals surface area contributed by atoms with Gasteiger partial charge in [0.05, 0.1) is 12.1 Å². The molecule has 2 N–H and O–H groups in total. The summed E-state index contributed by atoms with van der Waals surface area (Å²) in [4.78, 5) is 6.88. The summed E-state index contributed by atoms with van der Waals surface area (Å²) in [7, 11) is 2.16. The Bertz CT molecular complexity index is 607. The highest BCUT2D eigenvalue weighted by atomic mass is 16.5. The third-order valence-corrected chi connectivity index (χ3v) is 3.98. The normalized spacial score (nSPS) is 20.4. The molecule has 5 nitrogen and oxygen atoms in total. The molecular formula is C15H22N4O. The van der Waals surface area contributed by atoms with Gasteiger partial charge in [0.15, 0.2) is 0 Å². The molecule has 0 aliphatic carbocycles. The molecule has 5 heteroatoms. The van der Waals surface area contributed by atoms with Gasteiger partial charge < -0.3 is 19.9 Å². The van der Waals surface area contributed by atoms with Crippen LogP contribution in [0.4, 0.5) is 5.95 Å². The summed E-state index contributed by atoms with van der Waals surface area (Å²) in [6.07, 6.45) is 2.35. The summed E-state index contributed by atoms with van der Waals surface area (Å²) in [6.45, 7) is 4.80. The predicted molar refractivity (Wildman–Crippen MR) is 81.1 cm³/mol. The van der Waals surface area contributed by atoms with Gasteiger partial charge in [-0.1, -0.05) is 6.07 Å². The second-order valence-corrected chi connectivity index (χ2v) is 5.46. The van der Waals surface area contributed by atoms with Crippen LogP contribution in [0.2, 0.25) is 0 Å². The second-order valence-electron chi connectivity index (χ2n) is 5.46. The zero-order valence-electron chi connectivity index (χ0n) is 12.2. The number of likely N-dealkylation sites (N-methyl/N-ethyl adjacent to an activating group) is 1. The van der Waals surface area contributed by atoms with E-state index < -0.39 is 0 Å². The molecular weight excluding hydrogens is 252 g/mol. The van der Waals surface area contributed by atoms with Gasteiger partial charge in [-0.05, 0) is 45.5 Å². The van der Waals surface area contributed by atoms with Crippen molar-refractivity contribution in [1.29, 1.82) is 0 Å². The van der Waals surface area contributed by atoms with Gasteiger partial charge in [0.25, 0.3) is 0 Å². The largest absolute Gasteiger partial charge is 0.492 e. The molecule has 108 valence electrons. The molecule has 1 saturated heterocycles. The molecule has 0 saturated carbocycles. The Morgan fingerprint density at radius 3 is 3.05 bits per heavy atom. The van der Waals surface area contributed by atoms with Gasteiger partial charge >= 0.3 is 0 Å². The van der Waals surface area contributed by atoms with Crippen molar-refractivity contribution >= 4 is 17.0 Å². The number of nitrogens with two attached hydrogens (primary N) is 1. The van der Waals surface area contributed by atoms with Crippen LogP contribution in [0.1, 0.15) is 25.8 Å². The molecule has 0 radical (unpaired) electrons. The van der Waals surface area contributed by atoms with Crippen molar-refractivity contribution in [2.24, 2.45) is 0 Å². The Morgan fingerprint density at radius 1 is 1.45 bits per heavy atom. The Balaban J connectivity index is 2.06. The number of hydrogen-bond donors (Lipinski definition) is 1. The quantitative estimate of drug-likeness (QED) is 0.933. The van der Waals surface area contributed by atoms with Crippen LogP contribution in [0.25, 0.3) is 11.0 Å². The average molecular weight is 274 g/mol. The van der Waals surface area contributed by atoms with E-state index in [-0.39, 0.29) is 0 Å². The predicted octanol–water partition coefficient (Wildman–Crippen LogP) is 2.28. The summed E-state index contributed by atoms with van der Waals surface area (Å²) in [5.41, 5.74) is 8.13. The molecule has 3 rings (SSSR count). The summed E-state index contributed by atoms with van der Waals surface area (Å²) in [5, 5.41) is 0. The minimum Gasteiger partial charge on any atom is -0.492 e. The number of fused-ring (bicyclic) bond motifs is 1. The number of benzene rings is 1. The smallest absolute Gasteiger partial charge is 0.201 e. The van der Waals surface area contributed by atoms with E-state index in [4.69, 9.17) is 10.5 Å². The van der Waals surface area contributed by atoms with Crippen LogP contribution < -0.4 is 10.5 Å². The molecule has 2 aromatic rings. The topological polar surface area (TPSA) is 56.3 Å². The van der Waals surface area contributed by atoms with Crippen molar-refractivity contribution in [3.8, 4) is 5.75 Å². The number of rotatable bonds is 3. The second kappa shape index (κ2) is 5.32. The maximum atomic E-state index is 6.17. The van der Waals surface area contributed by atoms with Gasteiger partial charge in [0.1, 0.15) is 11.3 Å². The third kappa shape index (κ3) is 2.22. The highest BCUT2D eigenvalue weighted by Gasteiger charge is 2.23. The van der Waals surface area contributed by atoms with Crippen LogP contribution in [0.5, 0.6) is 5.75 Å². The first-order valence-corrected chi connectivity index (χ1v) is 7.28. The van der Waals surface area contributed by atoms with E-state index in [2.05, 4.69) is 27.6 Å². The lowest BCUT2D eigenvalue weighted by Gasteiger charge is -2.31. The number of hydrogen-bond acceptors (Lipinski definition) is 4. The molecule has 1 fully saturated rings. The monoisotopic (exact) mass is 274 g/mol. The van der Waals surface area contributed by atoms with Gasteiger partial charge in [-0.2, -0.15) is 0 Å². The molecule has 1 aromatic carbocycles. The maximum Gasteiger partial charge on any atom is 0.201 e. The fourth-order valence-corrected chi connectivity index (χ4v) is 3.11.